The molecule has 1 aromatic heterocycles. The fraction of sp³-hybridized carbons (Fsp3) is 0.583. The number of hydroxylamine groups is 2. The molecule has 0 saturated carbocycles. The highest BCUT2D eigenvalue weighted by Crippen LogP contribution is 2.46. The Hall–Kier alpha value is -0.820. The Balaban J connectivity index is 1.85. The van der Waals surface area contributed by atoms with Crippen molar-refractivity contribution in [3.63, 3.8) is 0 Å². The monoisotopic (exact) mass is 538 g/mol. The number of benzene rings is 1. The first-order valence-electron chi connectivity index (χ1n) is 10.7. The second kappa shape index (κ2) is 7.95. The number of halogens is 2. The number of hydrogen-bond acceptors (Lipinski definition) is 3. The van der Waals surface area contributed by atoms with Crippen molar-refractivity contribution in [1.29, 1.82) is 0 Å². The number of aromatic nitrogens is 1. The number of hydrogen-bond donors (Lipinski definition) is 0. The minimum Gasteiger partial charge on any atom is -0.496 e. The highest BCUT2D eigenvalue weighted by atomic mass is 79.9. The molecule has 30 heavy (non-hydrogen) atoms. The molecule has 1 aromatic carbocycles. The summed E-state index contributed by atoms with van der Waals surface area (Å²) < 4.78 is 10.2. The van der Waals surface area contributed by atoms with E-state index in [4.69, 9.17) is 9.57 Å². The van der Waals surface area contributed by atoms with E-state index in [1.165, 1.54) is 32.6 Å². The molecule has 3 heterocycles. The molecule has 6 heteroatoms. The molecule has 0 unspecified atom stereocenters. The maximum Gasteiger partial charge on any atom is 0.133 e. The normalized spacial score (nSPS) is 19.2. The maximum atomic E-state index is 6.44. The van der Waals surface area contributed by atoms with E-state index in [2.05, 4.69) is 88.2 Å². The minimum atomic E-state index is -0.0246. The van der Waals surface area contributed by atoms with Crippen LogP contribution in [0.1, 0.15) is 57.9 Å². The van der Waals surface area contributed by atoms with E-state index in [1.54, 1.807) is 7.11 Å². The lowest BCUT2D eigenvalue weighted by atomic mass is 9.82. The largest absolute Gasteiger partial charge is 0.496 e. The van der Waals surface area contributed by atoms with Crippen LogP contribution in [0.4, 0.5) is 0 Å². The second-order valence-electron chi connectivity index (χ2n) is 10.3. The fourth-order valence-electron chi connectivity index (χ4n) is 4.66. The molecule has 0 bridgehead atoms. The summed E-state index contributed by atoms with van der Waals surface area (Å²) >= 11 is 7.69. The summed E-state index contributed by atoms with van der Waals surface area (Å²) in [5.74, 6) is 0.894. The smallest absolute Gasteiger partial charge is 0.133 e. The SMILES string of the molecule is COc1cc2c(cc1Br)-c1c(Br)c3c(n1CC2)CON(C(C)(C)C)CCC(C)(C)C3. The molecule has 0 atom stereocenters. The predicted molar refractivity (Wildman–Crippen MR) is 129 cm³/mol. The number of rotatable bonds is 1. The van der Waals surface area contributed by atoms with Gasteiger partial charge in [0, 0.05) is 28.7 Å². The molecule has 4 rings (SSSR count). The van der Waals surface area contributed by atoms with Crippen molar-refractivity contribution in [1.82, 2.24) is 9.63 Å². The Labute approximate surface area is 197 Å². The lowest BCUT2D eigenvalue weighted by Gasteiger charge is -2.36. The number of nitrogens with zero attached hydrogens (tertiary/aromatic N) is 2. The first kappa shape index (κ1) is 22.4. The van der Waals surface area contributed by atoms with E-state index in [-0.39, 0.29) is 11.0 Å². The molecule has 0 amide bonds. The molecule has 2 aromatic rings. The maximum absolute atomic E-state index is 6.44. The molecule has 0 fully saturated rings. The quantitative estimate of drug-likeness (QED) is 0.401. The fourth-order valence-corrected chi connectivity index (χ4v) is 5.96. The van der Waals surface area contributed by atoms with Crippen molar-refractivity contribution in [2.24, 2.45) is 5.41 Å². The van der Waals surface area contributed by atoms with Gasteiger partial charge in [0.1, 0.15) is 12.4 Å². The Morgan fingerprint density at radius 2 is 1.87 bits per heavy atom. The predicted octanol–water partition coefficient (Wildman–Crippen LogP) is 6.75. The van der Waals surface area contributed by atoms with Gasteiger partial charge in [0.2, 0.25) is 0 Å². The van der Waals surface area contributed by atoms with Crippen molar-refractivity contribution >= 4 is 31.9 Å². The van der Waals surface area contributed by atoms with Crippen LogP contribution in [0.15, 0.2) is 21.1 Å². The molecule has 0 spiro atoms. The summed E-state index contributed by atoms with van der Waals surface area (Å²) in [6.45, 7) is 13.9. The van der Waals surface area contributed by atoms with Gasteiger partial charge < -0.3 is 9.30 Å². The zero-order chi connectivity index (χ0) is 21.8. The van der Waals surface area contributed by atoms with Crippen LogP contribution >= 0.6 is 31.9 Å². The van der Waals surface area contributed by atoms with Crippen LogP contribution in [0.5, 0.6) is 5.75 Å². The van der Waals surface area contributed by atoms with Crippen molar-refractivity contribution in [3.05, 3.63) is 37.9 Å². The highest BCUT2D eigenvalue weighted by molar-refractivity contribution is 9.11. The standard InChI is InChI=1S/C24H32Br2N2O2/c1-23(2,3)28-10-8-24(4,5)13-17-19(14-30-28)27-9-7-15-11-20(29-6)18(25)12-16(15)22(27)21(17)26/h11-12H,7-10,13-14H2,1-6H3. The third-order valence-corrected chi connectivity index (χ3v) is 7.88. The van der Waals surface area contributed by atoms with Gasteiger partial charge in [-0.05, 0) is 101 Å². The number of aryl methyl sites for hydroxylation is 1. The molecule has 4 nitrogen and oxygen atoms in total. The van der Waals surface area contributed by atoms with E-state index in [9.17, 15) is 0 Å². The zero-order valence-corrected chi connectivity index (χ0v) is 22.0. The minimum absolute atomic E-state index is 0.0246. The van der Waals surface area contributed by atoms with Crippen molar-refractivity contribution in [2.75, 3.05) is 13.7 Å². The number of ether oxygens (including phenoxy) is 1. The number of fused-ring (bicyclic) bond motifs is 5. The zero-order valence-electron chi connectivity index (χ0n) is 18.9. The highest BCUT2D eigenvalue weighted by Gasteiger charge is 2.34. The summed E-state index contributed by atoms with van der Waals surface area (Å²) in [7, 11) is 1.73. The Morgan fingerprint density at radius 3 is 2.53 bits per heavy atom. The van der Waals surface area contributed by atoms with E-state index in [1.807, 2.05) is 0 Å². The summed E-state index contributed by atoms with van der Waals surface area (Å²) in [6.07, 6.45) is 3.12. The summed E-state index contributed by atoms with van der Waals surface area (Å²) in [5.41, 5.74) is 6.74. The summed E-state index contributed by atoms with van der Waals surface area (Å²) in [4.78, 5) is 6.44. The van der Waals surface area contributed by atoms with Crippen LogP contribution in [-0.2, 0) is 30.8 Å². The van der Waals surface area contributed by atoms with Gasteiger partial charge in [-0.15, -0.1) is 0 Å². The van der Waals surface area contributed by atoms with E-state index < -0.39 is 0 Å². The van der Waals surface area contributed by atoms with Crippen LogP contribution in [0.25, 0.3) is 11.3 Å². The molecule has 164 valence electrons. The van der Waals surface area contributed by atoms with Crippen LogP contribution in [0, 0.1) is 5.41 Å². The Kier molecular flexibility index (Phi) is 5.93. The van der Waals surface area contributed by atoms with Gasteiger partial charge in [-0.25, -0.2) is 0 Å². The van der Waals surface area contributed by atoms with Gasteiger partial charge >= 0.3 is 0 Å². The van der Waals surface area contributed by atoms with Crippen molar-refractivity contribution < 1.29 is 9.57 Å². The van der Waals surface area contributed by atoms with Crippen LogP contribution in [0.2, 0.25) is 0 Å². The van der Waals surface area contributed by atoms with Crippen LogP contribution in [-0.4, -0.2) is 28.8 Å². The lowest BCUT2D eigenvalue weighted by molar-refractivity contribution is -0.222. The van der Waals surface area contributed by atoms with Gasteiger partial charge in [-0.2, -0.15) is 5.06 Å². The van der Waals surface area contributed by atoms with Gasteiger partial charge in [-0.1, -0.05) is 13.8 Å². The molecule has 0 N–H and O–H groups in total. The lowest BCUT2D eigenvalue weighted by Crippen LogP contribution is -2.42. The Morgan fingerprint density at radius 1 is 1.13 bits per heavy atom. The van der Waals surface area contributed by atoms with Crippen molar-refractivity contribution in [3.8, 4) is 17.0 Å². The third-order valence-electron chi connectivity index (χ3n) is 6.41. The average Bonchev–Trinajstić information content (AvgIpc) is 2.94. The molecule has 0 aliphatic carbocycles. The van der Waals surface area contributed by atoms with E-state index in [0.717, 1.165) is 42.6 Å². The van der Waals surface area contributed by atoms with Gasteiger partial charge in [0.15, 0.2) is 0 Å². The molecule has 2 aliphatic heterocycles. The summed E-state index contributed by atoms with van der Waals surface area (Å²) in [6, 6.07) is 4.38. The third kappa shape index (κ3) is 4.01. The van der Waals surface area contributed by atoms with Gasteiger partial charge in [0.25, 0.3) is 0 Å². The average molecular weight is 540 g/mol. The molecule has 0 saturated heterocycles. The van der Waals surface area contributed by atoms with Crippen LogP contribution in [0.3, 0.4) is 0 Å². The summed E-state index contributed by atoms with van der Waals surface area (Å²) in [5, 5.41) is 2.18. The van der Waals surface area contributed by atoms with Gasteiger partial charge in [-0.3, -0.25) is 4.84 Å². The first-order chi connectivity index (χ1) is 14.0. The molecular formula is C24H32Br2N2O2. The first-order valence-corrected chi connectivity index (χ1v) is 12.3. The topological polar surface area (TPSA) is 26.6 Å². The van der Waals surface area contributed by atoms with E-state index in [0.29, 0.717) is 6.61 Å². The molecule has 0 radical (unpaired) electrons. The molecule has 2 aliphatic rings. The Bertz CT molecular complexity index is 973. The number of methoxy groups -OCH3 is 1. The second-order valence-corrected chi connectivity index (χ2v) is 11.9. The van der Waals surface area contributed by atoms with Crippen molar-refractivity contribution in [2.45, 2.75) is 72.6 Å². The van der Waals surface area contributed by atoms with E-state index >= 15 is 0 Å². The van der Waals surface area contributed by atoms with Gasteiger partial charge in [0.05, 0.1) is 23.0 Å². The van der Waals surface area contributed by atoms with Crippen LogP contribution < -0.4 is 4.74 Å². The molecular weight excluding hydrogens is 508 g/mol.